The lowest BCUT2D eigenvalue weighted by Crippen LogP contribution is -2.41. The normalized spacial score (nSPS) is 15.2. The molecule has 0 saturated carbocycles. The first-order valence-electron chi connectivity index (χ1n) is 6.60. The maximum Gasteiger partial charge on any atom is 0.387 e. The quantitative estimate of drug-likeness (QED) is 0.601. The molecule has 1 rings (SSSR count). The van der Waals surface area contributed by atoms with E-state index in [1.165, 1.54) is 24.3 Å². The van der Waals surface area contributed by atoms with Gasteiger partial charge < -0.3 is 9.29 Å². The first-order chi connectivity index (χ1) is 10.1. The summed E-state index contributed by atoms with van der Waals surface area (Å²) in [4.78, 5) is 0. The van der Waals surface area contributed by atoms with Crippen molar-refractivity contribution in [3.05, 3.63) is 29.8 Å². The van der Waals surface area contributed by atoms with E-state index in [9.17, 15) is 22.1 Å². The Bertz CT molecular complexity index is 468. The van der Waals surface area contributed by atoms with Gasteiger partial charge >= 0.3 is 6.61 Å². The van der Waals surface area contributed by atoms with Gasteiger partial charge in [0, 0.05) is 17.8 Å². The molecule has 0 aliphatic heterocycles. The first-order valence-corrected chi connectivity index (χ1v) is 7.75. The third kappa shape index (κ3) is 6.41. The summed E-state index contributed by atoms with van der Waals surface area (Å²) in [6.45, 7) is 2.10. The SMILES string of the molecule is CC(C)(C)[S@+]([O-])N[C@@H](CC(F)F)c1cccc(OC(F)F)c1. The Morgan fingerprint density at radius 2 is 1.86 bits per heavy atom. The van der Waals surface area contributed by atoms with Crippen LogP contribution in [0.4, 0.5) is 17.6 Å². The number of benzene rings is 1. The zero-order valence-corrected chi connectivity index (χ0v) is 13.3. The smallest absolute Gasteiger partial charge is 0.387 e. The molecule has 1 N–H and O–H groups in total. The molecule has 0 aliphatic rings. The van der Waals surface area contributed by atoms with Crippen molar-refractivity contribution in [2.75, 3.05) is 0 Å². The molecule has 0 aliphatic carbocycles. The minimum Gasteiger partial charge on any atom is -0.598 e. The molecule has 1 aromatic carbocycles. The predicted octanol–water partition coefficient (Wildman–Crippen LogP) is 4.04. The average Bonchev–Trinajstić information content (AvgIpc) is 2.35. The van der Waals surface area contributed by atoms with Gasteiger partial charge in [-0.3, -0.25) is 0 Å². The monoisotopic (exact) mass is 341 g/mol. The highest BCUT2D eigenvalue weighted by Gasteiger charge is 2.31. The van der Waals surface area contributed by atoms with Gasteiger partial charge in [-0.25, -0.2) is 8.78 Å². The van der Waals surface area contributed by atoms with Crippen LogP contribution in [0.2, 0.25) is 0 Å². The van der Waals surface area contributed by atoms with Crippen molar-refractivity contribution < 1.29 is 26.9 Å². The summed E-state index contributed by atoms with van der Waals surface area (Å²) in [7, 11) is 0. The highest BCUT2D eigenvalue weighted by Crippen LogP contribution is 2.27. The van der Waals surface area contributed by atoms with E-state index in [-0.39, 0.29) is 5.75 Å². The van der Waals surface area contributed by atoms with E-state index < -0.39 is 41.6 Å². The van der Waals surface area contributed by atoms with Crippen LogP contribution < -0.4 is 9.46 Å². The van der Waals surface area contributed by atoms with Crippen molar-refractivity contribution in [2.45, 2.75) is 51.0 Å². The summed E-state index contributed by atoms with van der Waals surface area (Å²) >= 11 is -1.57. The van der Waals surface area contributed by atoms with E-state index >= 15 is 0 Å². The Labute approximate surface area is 130 Å². The number of ether oxygens (including phenoxy) is 1. The zero-order chi connectivity index (χ0) is 16.9. The van der Waals surface area contributed by atoms with Crippen molar-refractivity contribution in [3.8, 4) is 5.75 Å². The van der Waals surface area contributed by atoms with Crippen LogP contribution in [-0.4, -0.2) is 22.3 Å². The summed E-state index contributed by atoms with van der Waals surface area (Å²) in [5.74, 6) is -0.130. The molecule has 0 radical (unpaired) electrons. The fraction of sp³-hybridized carbons (Fsp3) is 0.571. The second-order valence-corrected chi connectivity index (χ2v) is 7.63. The number of rotatable bonds is 7. The van der Waals surface area contributed by atoms with Gasteiger partial charge in [-0.1, -0.05) is 12.1 Å². The average molecular weight is 341 g/mol. The lowest BCUT2D eigenvalue weighted by Gasteiger charge is -2.28. The Balaban J connectivity index is 2.96. The minimum absolute atomic E-state index is 0.130. The predicted molar refractivity (Wildman–Crippen MR) is 77.5 cm³/mol. The summed E-state index contributed by atoms with van der Waals surface area (Å²) in [6, 6.07) is 4.54. The molecule has 0 spiro atoms. The second kappa shape index (κ2) is 8.03. The van der Waals surface area contributed by atoms with Crippen LogP contribution in [0.1, 0.15) is 38.8 Å². The Morgan fingerprint density at radius 1 is 1.23 bits per heavy atom. The number of alkyl halides is 4. The van der Waals surface area contributed by atoms with Crippen LogP contribution in [0.15, 0.2) is 24.3 Å². The summed E-state index contributed by atoms with van der Waals surface area (Å²) < 4.78 is 68.3. The summed E-state index contributed by atoms with van der Waals surface area (Å²) in [5, 5.41) is 0. The fourth-order valence-corrected chi connectivity index (χ4v) is 2.49. The lowest BCUT2D eigenvalue weighted by molar-refractivity contribution is -0.0499. The molecule has 0 fully saturated rings. The Kier molecular flexibility index (Phi) is 6.96. The van der Waals surface area contributed by atoms with Crippen LogP contribution in [-0.2, 0) is 11.4 Å². The highest BCUT2D eigenvalue weighted by molar-refractivity contribution is 7.90. The number of halogens is 4. The third-order valence-electron chi connectivity index (χ3n) is 2.70. The van der Waals surface area contributed by atoms with Gasteiger partial charge in [0.25, 0.3) is 0 Å². The second-order valence-electron chi connectivity index (χ2n) is 5.63. The zero-order valence-electron chi connectivity index (χ0n) is 12.5. The van der Waals surface area contributed by atoms with Crippen LogP contribution >= 0.6 is 0 Å². The van der Waals surface area contributed by atoms with Gasteiger partial charge in [0.05, 0.1) is 6.04 Å². The van der Waals surface area contributed by atoms with E-state index in [1.54, 1.807) is 20.8 Å². The number of hydrogen-bond acceptors (Lipinski definition) is 3. The van der Waals surface area contributed by atoms with E-state index in [4.69, 9.17) is 0 Å². The lowest BCUT2D eigenvalue weighted by atomic mass is 10.0. The van der Waals surface area contributed by atoms with E-state index in [0.717, 1.165) is 0 Å². The molecule has 0 bridgehead atoms. The Morgan fingerprint density at radius 3 is 2.36 bits per heavy atom. The van der Waals surface area contributed by atoms with Gasteiger partial charge in [0.1, 0.15) is 10.5 Å². The van der Waals surface area contributed by atoms with Crippen LogP contribution in [0.3, 0.4) is 0 Å². The molecule has 0 amide bonds. The number of nitrogens with one attached hydrogen (secondary N) is 1. The van der Waals surface area contributed by atoms with Crippen LogP contribution in [0.5, 0.6) is 5.75 Å². The van der Waals surface area contributed by atoms with E-state index in [0.29, 0.717) is 5.56 Å². The van der Waals surface area contributed by atoms with Gasteiger partial charge in [-0.2, -0.15) is 8.78 Å². The van der Waals surface area contributed by atoms with Gasteiger partial charge in [0.2, 0.25) is 6.43 Å². The number of hydrogen-bond donors (Lipinski definition) is 1. The standard InChI is InChI=1S/C14H19F4NO2S/c1-14(2,3)22(20)19-11(8-12(15)16)9-5-4-6-10(7-9)21-13(17)18/h4-7,11-13,19H,8H2,1-3H3/t11-,22-/m0/s1. The molecule has 3 nitrogen and oxygen atoms in total. The molecule has 8 heteroatoms. The van der Waals surface area contributed by atoms with E-state index in [1.807, 2.05) is 0 Å². The summed E-state index contributed by atoms with van der Waals surface area (Å²) in [5.41, 5.74) is 0.316. The topological polar surface area (TPSA) is 44.3 Å². The van der Waals surface area contributed by atoms with Gasteiger partial charge in [-0.05, 0) is 38.5 Å². The molecular formula is C14H19F4NO2S. The first kappa shape index (κ1) is 19.1. The summed E-state index contributed by atoms with van der Waals surface area (Å²) in [6.07, 6.45) is -3.21. The molecule has 0 unspecified atom stereocenters. The van der Waals surface area contributed by atoms with Crippen molar-refractivity contribution in [2.24, 2.45) is 0 Å². The minimum atomic E-state index is -3.00. The van der Waals surface area contributed by atoms with E-state index in [2.05, 4.69) is 9.46 Å². The fourth-order valence-electron chi connectivity index (χ4n) is 1.64. The molecular weight excluding hydrogens is 322 g/mol. The van der Waals surface area contributed by atoms with Gasteiger partial charge in [-0.15, -0.1) is 4.72 Å². The maximum atomic E-state index is 12.7. The van der Waals surface area contributed by atoms with Crippen LogP contribution in [0.25, 0.3) is 0 Å². The molecule has 0 aromatic heterocycles. The third-order valence-corrected chi connectivity index (χ3v) is 4.32. The molecule has 0 heterocycles. The van der Waals surface area contributed by atoms with Crippen molar-refractivity contribution >= 4 is 11.4 Å². The van der Waals surface area contributed by atoms with Crippen molar-refractivity contribution in [1.82, 2.24) is 4.72 Å². The van der Waals surface area contributed by atoms with Gasteiger partial charge in [0.15, 0.2) is 0 Å². The molecule has 22 heavy (non-hydrogen) atoms. The molecule has 1 aromatic rings. The largest absolute Gasteiger partial charge is 0.598 e. The van der Waals surface area contributed by atoms with Crippen molar-refractivity contribution in [3.63, 3.8) is 0 Å². The maximum absolute atomic E-state index is 12.7. The molecule has 126 valence electrons. The molecule has 0 saturated heterocycles. The Hall–Kier alpha value is -0.990. The van der Waals surface area contributed by atoms with Crippen molar-refractivity contribution in [1.29, 1.82) is 0 Å². The van der Waals surface area contributed by atoms with Crippen LogP contribution in [0, 0.1) is 0 Å². The highest BCUT2D eigenvalue weighted by atomic mass is 32.2. The molecule has 2 atom stereocenters.